The van der Waals surface area contributed by atoms with Gasteiger partial charge in [-0.2, -0.15) is 0 Å². The summed E-state index contributed by atoms with van der Waals surface area (Å²) < 4.78 is 11.2. The molecule has 1 saturated heterocycles. The van der Waals surface area contributed by atoms with Crippen LogP contribution in [0.1, 0.15) is 49.5 Å². The van der Waals surface area contributed by atoms with Gasteiger partial charge in [0.25, 0.3) is 0 Å². The van der Waals surface area contributed by atoms with Crippen LogP contribution in [-0.4, -0.2) is 42.7 Å². The Balaban J connectivity index is 2.10. The second-order valence-electron chi connectivity index (χ2n) is 5.83. The van der Waals surface area contributed by atoms with E-state index in [2.05, 4.69) is 18.7 Å². The van der Waals surface area contributed by atoms with Crippen molar-refractivity contribution in [3.8, 4) is 5.75 Å². The van der Waals surface area contributed by atoms with Crippen molar-refractivity contribution in [3.05, 3.63) is 29.3 Å². The Morgan fingerprint density at radius 3 is 2.87 bits per heavy atom. The Kier molecular flexibility index (Phi) is 6.72. The Morgan fingerprint density at radius 1 is 1.43 bits per heavy atom. The van der Waals surface area contributed by atoms with Gasteiger partial charge >= 0.3 is 5.97 Å². The van der Waals surface area contributed by atoms with Crippen LogP contribution < -0.4 is 4.74 Å². The van der Waals surface area contributed by atoms with E-state index in [1.807, 2.05) is 12.1 Å². The molecule has 1 unspecified atom stereocenters. The molecule has 5 heteroatoms. The predicted molar refractivity (Wildman–Crippen MR) is 92.3 cm³/mol. The van der Waals surface area contributed by atoms with Gasteiger partial charge in [-0.25, -0.2) is 4.79 Å². The van der Waals surface area contributed by atoms with Crippen LogP contribution in [0.3, 0.4) is 0 Å². The van der Waals surface area contributed by atoms with Gasteiger partial charge in [-0.1, -0.05) is 6.92 Å². The van der Waals surface area contributed by atoms with Crippen LogP contribution in [0.2, 0.25) is 0 Å². The quantitative estimate of drug-likeness (QED) is 0.558. The van der Waals surface area contributed by atoms with Crippen LogP contribution in [0.25, 0.3) is 0 Å². The lowest BCUT2D eigenvalue weighted by molar-refractivity contribution is 0.0525. The lowest BCUT2D eigenvalue weighted by Crippen LogP contribution is -2.40. The average molecular weight is 340 g/mol. The van der Waals surface area contributed by atoms with Crippen LogP contribution in [0, 0.1) is 0 Å². The molecule has 0 bridgehead atoms. The van der Waals surface area contributed by atoms with Crippen molar-refractivity contribution >= 4 is 17.6 Å². The smallest absolute Gasteiger partial charge is 0.338 e. The van der Waals surface area contributed by atoms with Crippen molar-refractivity contribution in [2.24, 2.45) is 0 Å². The molecule has 0 spiro atoms. The van der Waals surface area contributed by atoms with Crippen LogP contribution in [0.15, 0.2) is 18.2 Å². The Labute approximate surface area is 143 Å². The first-order chi connectivity index (χ1) is 11.1. The largest absolute Gasteiger partial charge is 0.489 e. The van der Waals surface area contributed by atoms with Gasteiger partial charge in [0.05, 0.1) is 12.2 Å². The lowest BCUT2D eigenvalue weighted by atomic mass is 10.1. The predicted octanol–water partition coefficient (Wildman–Crippen LogP) is 3.85. The number of carbonyl (C=O) groups is 1. The molecule has 0 radical (unpaired) electrons. The van der Waals surface area contributed by atoms with Crippen LogP contribution in [0.5, 0.6) is 5.75 Å². The second-order valence-corrected chi connectivity index (χ2v) is 6.10. The number of likely N-dealkylation sites (tertiary alicyclic amines) is 1. The molecule has 128 valence electrons. The van der Waals surface area contributed by atoms with Crippen LogP contribution >= 0.6 is 11.6 Å². The van der Waals surface area contributed by atoms with Gasteiger partial charge in [0.15, 0.2) is 0 Å². The monoisotopic (exact) mass is 339 g/mol. The normalized spacial score (nSPS) is 19.6. The zero-order chi connectivity index (χ0) is 16.8. The summed E-state index contributed by atoms with van der Waals surface area (Å²) in [5.41, 5.74) is 1.26. The molecule has 0 saturated carbocycles. The van der Waals surface area contributed by atoms with E-state index in [4.69, 9.17) is 21.1 Å². The number of hydrogen-bond donors (Lipinski definition) is 0. The maximum Gasteiger partial charge on any atom is 0.338 e. The first-order valence-electron chi connectivity index (χ1n) is 8.37. The van der Waals surface area contributed by atoms with E-state index in [0.29, 0.717) is 18.2 Å². The van der Waals surface area contributed by atoms with E-state index >= 15 is 0 Å². The summed E-state index contributed by atoms with van der Waals surface area (Å²) in [4.78, 5) is 14.4. The molecule has 1 aliphatic heterocycles. The number of nitrogens with zero attached hydrogens (tertiary/aromatic N) is 1. The third kappa shape index (κ3) is 4.39. The summed E-state index contributed by atoms with van der Waals surface area (Å²) in [5.74, 6) is 0.671. The average Bonchev–Trinajstić information content (AvgIpc) is 3.03. The maximum absolute atomic E-state index is 11.9. The summed E-state index contributed by atoms with van der Waals surface area (Å²) in [6.45, 7) is 8.63. The number of carbonyl (C=O) groups excluding carboxylic acids is 1. The first-order valence-corrected chi connectivity index (χ1v) is 8.90. The summed E-state index contributed by atoms with van der Waals surface area (Å²) in [6.07, 6.45) is 2.49. The third-order valence-corrected chi connectivity index (χ3v) is 4.69. The summed E-state index contributed by atoms with van der Waals surface area (Å²) >= 11 is 5.99. The van der Waals surface area contributed by atoms with Crippen LogP contribution in [0.4, 0.5) is 0 Å². The lowest BCUT2D eigenvalue weighted by Gasteiger charge is -2.29. The Hall–Kier alpha value is -1.26. The molecule has 0 aromatic heterocycles. The van der Waals surface area contributed by atoms with E-state index in [1.54, 1.807) is 13.0 Å². The molecule has 0 amide bonds. The molecule has 1 fully saturated rings. The molecule has 0 N–H and O–H groups in total. The highest BCUT2D eigenvalue weighted by molar-refractivity contribution is 6.17. The number of benzene rings is 1. The van der Waals surface area contributed by atoms with Gasteiger partial charge in [-0.05, 0) is 63.5 Å². The fraction of sp³-hybridized carbons (Fsp3) is 0.611. The fourth-order valence-corrected chi connectivity index (χ4v) is 3.45. The topological polar surface area (TPSA) is 38.8 Å². The maximum atomic E-state index is 11.9. The molecule has 2 atom stereocenters. The number of ether oxygens (including phenoxy) is 2. The number of rotatable bonds is 7. The molecule has 1 heterocycles. The Morgan fingerprint density at radius 2 is 2.22 bits per heavy atom. The number of likely N-dealkylation sites (N-methyl/N-ethyl adjacent to an activating group) is 1. The van der Waals surface area contributed by atoms with Gasteiger partial charge in [0.2, 0.25) is 0 Å². The molecule has 4 nitrogen and oxygen atoms in total. The zero-order valence-corrected chi connectivity index (χ0v) is 14.9. The van der Waals surface area contributed by atoms with Crippen LogP contribution in [-0.2, 0) is 10.6 Å². The van der Waals surface area contributed by atoms with Crippen molar-refractivity contribution in [2.45, 2.75) is 51.6 Å². The standard InChI is InChI=1S/C18H26ClNO3/c1-4-20-10-6-7-17(20)13(3)23-15-8-9-16(14(11-15)12-19)18(21)22-5-2/h8-9,11,13,17H,4-7,10,12H2,1-3H3/t13?,17-/m0/s1. The van der Waals surface area contributed by atoms with Crippen molar-refractivity contribution < 1.29 is 14.3 Å². The molecule has 0 aliphatic carbocycles. The van der Waals surface area contributed by atoms with E-state index in [9.17, 15) is 4.79 Å². The molecule has 1 aliphatic rings. The van der Waals surface area contributed by atoms with Gasteiger partial charge in [-0.3, -0.25) is 4.90 Å². The van der Waals surface area contributed by atoms with Crippen molar-refractivity contribution in [2.75, 3.05) is 19.7 Å². The van der Waals surface area contributed by atoms with Crippen molar-refractivity contribution in [1.29, 1.82) is 0 Å². The summed E-state index contributed by atoms with van der Waals surface area (Å²) in [5, 5.41) is 0. The highest BCUT2D eigenvalue weighted by Crippen LogP contribution is 2.26. The molecule has 1 aromatic carbocycles. The van der Waals surface area contributed by atoms with Gasteiger partial charge in [0.1, 0.15) is 11.9 Å². The molecule has 23 heavy (non-hydrogen) atoms. The zero-order valence-electron chi connectivity index (χ0n) is 14.2. The fourth-order valence-electron chi connectivity index (χ4n) is 3.23. The summed E-state index contributed by atoms with van der Waals surface area (Å²) in [6, 6.07) is 5.86. The van der Waals surface area contributed by atoms with Gasteiger partial charge in [0, 0.05) is 11.9 Å². The number of esters is 1. The number of alkyl halides is 1. The minimum atomic E-state index is -0.337. The molecule has 1 aromatic rings. The third-order valence-electron chi connectivity index (χ3n) is 4.40. The van der Waals surface area contributed by atoms with Crippen molar-refractivity contribution in [1.82, 2.24) is 4.90 Å². The first kappa shape index (κ1) is 18.1. The van der Waals surface area contributed by atoms with Gasteiger partial charge < -0.3 is 9.47 Å². The summed E-state index contributed by atoms with van der Waals surface area (Å²) in [7, 11) is 0. The van der Waals surface area contributed by atoms with Gasteiger partial charge in [-0.15, -0.1) is 11.6 Å². The Bertz CT molecular complexity index is 535. The number of halogens is 1. The minimum Gasteiger partial charge on any atom is -0.489 e. The highest BCUT2D eigenvalue weighted by atomic mass is 35.5. The van der Waals surface area contributed by atoms with E-state index in [-0.39, 0.29) is 18.0 Å². The molecular formula is C18H26ClNO3. The highest BCUT2D eigenvalue weighted by Gasteiger charge is 2.29. The number of hydrogen-bond acceptors (Lipinski definition) is 4. The molecular weight excluding hydrogens is 314 g/mol. The second kappa shape index (κ2) is 8.55. The minimum absolute atomic E-state index is 0.106. The SMILES string of the molecule is CCOC(=O)c1ccc(OC(C)[C@@H]2CCCN2CC)cc1CCl. The van der Waals surface area contributed by atoms with E-state index < -0.39 is 0 Å². The molecule has 2 rings (SSSR count). The van der Waals surface area contributed by atoms with Crippen molar-refractivity contribution in [3.63, 3.8) is 0 Å². The van der Waals surface area contributed by atoms with E-state index in [0.717, 1.165) is 30.8 Å². The van der Waals surface area contributed by atoms with E-state index in [1.165, 1.54) is 6.42 Å².